The maximum atomic E-state index is 12.9. The number of benzene rings is 3. The Morgan fingerprint density at radius 3 is 2.53 bits per heavy atom. The van der Waals surface area contributed by atoms with Crippen molar-refractivity contribution in [1.82, 2.24) is 4.90 Å². The third-order valence-corrected chi connectivity index (χ3v) is 7.38. The molecule has 1 heterocycles. The summed E-state index contributed by atoms with van der Waals surface area (Å²) in [6.07, 6.45) is 1.58. The third kappa shape index (κ3) is 6.91. The Morgan fingerprint density at radius 2 is 1.82 bits per heavy atom. The Labute approximate surface area is 242 Å². The van der Waals surface area contributed by atoms with E-state index in [1.165, 1.54) is 0 Å². The molecule has 0 bridgehead atoms. The lowest BCUT2D eigenvalue weighted by Gasteiger charge is -2.15. The van der Waals surface area contributed by atoms with E-state index in [9.17, 15) is 14.4 Å². The first-order valence-electron chi connectivity index (χ1n) is 11.4. The third-order valence-electron chi connectivity index (χ3n) is 5.26. The zero-order valence-corrected chi connectivity index (χ0v) is 23.9. The van der Waals surface area contributed by atoms with Gasteiger partial charge in [0.1, 0.15) is 13.2 Å². The SMILES string of the molecule is CCOc1cc(/C=C2/SC(=O)N(CC(=O)Nc3ccc(Cl)cc3)C2=O)cc(Br)c1OCc1ccccc1Cl. The molecule has 1 saturated heterocycles. The highest BCUT2D eigenvalue weighted by Gasteiger charge is 2.36. The molecule has 38 heavy (non-hydrogen) atoms. The Balaban J connectivity index is 1.49. The van der Waals surface area contributed by atoms with E-state index < -0.39 is 23.6 Å². The second-order valence-corrected chi connectivity index (χ2v) is 10.7. The van der Waals surface area contributed by atoms with Gasteiger partial charge in [0.2, 0.25) is 5.91 Å². The van der Waals surface area contributed by atoms with E-state index in [2.05, 4.69) is 21.2 Å². The van der Waals surface area contributed by atoms with E-state index in [4.69, 9.17) is 32.7 Å². The molecule has 3 amide bonds. The van der Waals surface area contributed by atoms with E-state index in [0.717, 1.165) is 22.2 Å². The van der Waals surface area contributed by atoms with Gasteiger partial charge < -0.3 is 14.8 Å². The van der Waals surface area contributed by atoms with Crippen molar-refractivity contribution in [2.45, 2.75) is 13.5 Å². The molecular weight excluding hydrogens is 615 g/mol. The number of hydrogen-bond acceptors (Lipinski definition) is 6. The molecule has 0 saturated carbocycles. The molecule has 1 aliphatic rings. The van der Waals surface area contributed by atoms with Gasteiger partial charge in [0.15, 0.2) is 11.5 Å². The molecule has 0 spiro atoms. The van der Waals surface area contributed by atoms with Crippen LogP contribution in [0, 0.1) is 0 Å². The van der Waals surface area contributed by atoms with Crippen molar-refractivity contribution in [2.24, 2.45) is 0 Å². The first kappa shape index (κ1) is 28.0. The van der Waals surface area contributed by atoms with Crippen molar-refractivity contribution in [3.8, 4) is 11.5 Å². The monoisotopic (exact) mass is 634 g/mol. The van der Waals surface area contributed by atoms with Crippen molar-refractivity contribution in [2.75, 3.05) is 18.5 Å². The first-order valence-corrected chi connectivity index (χ1v) is 13.7. The number of ether oxygens (including phenoxy) is 2. The molecule has 3 aromatic rings. The summed E-state index contributed by atoms with van der Waals surface area (Å²) < 4.78 is 12.4. The average molecular weight is 636 g/mol. The average Bonchev–Trinajstić information content (AvgIpc) is 3.13. The fourth-order valence-electron chi connectivity index (χ4n) is 3.50. The molecule has 0 atom stereocenters. The number of hydrogen-bond donors (Lipinski definition) is 1. The van der Waals surface area contributed by atoms with Crippen molar-refractivity contribution in [3.63, 3.8) is 0 Å². The van der Waals surface area contributed by atoms with Crippen LogP contribution >= 0.6 is 50.9 Å². The summed E-state index contributed by atoms with van der Waals surface area (Å²) in [5.74, 6) is -0.116. The Kier molecular flexibility index (Phi) is 9.38. The van der Waals surface area contributed by atoms with Gasteiger partial charge in [-0.25, -0.2) is 0 Å². The number of anilines is 1. The second-order valence-electron chi connectivity index (χ2n) is 7.97. The summed E-state index contributed by atoms with van der Waals surface area (Å²) in [5.41, 5.74) is 1.94. The summed E-state index contributed by atoms with van der Waals surface area (Å²) in [6, 6.07) is 17.4. The highest BCUT2D eigenvalue weighted by atomic mass is 79.9. The van der Waals surface area contributed by atoms with E-state index >= 15 is 0 Å². The summed E-state index contributed by atoms with van der Waals surface area (Å²) in [6.45, 7) is 2.05. The van der Waals surface area contributed by atoms with Crippen LogP contribution in [-0.2, 0) is 16.2 Å². The van der Waals surface area contributed by atoms with Crippen LogP contribution in [0.5, 0.6) is 11.5 Å². The molecule has 0 aromatic heterocycles. The van der Waals surface area contributed by atoms with Gasteiger partial charge in [0.05, 0.1) is 16.0 Å². The van der Waals surface area contributed by atoms with Gasteiger partial charge in [-0.2, -0.15) is 0 Å². The topological polar surface area (TPSA) is 84.9 Å². The van der Waals surface area contributed by atoms with Gasteiger partial charge in [-0.1, -0.05) is 41.4 Å². The number of halogens is 3. The molecule has 4 rings (SSSR count). The summed E-state index contributed by atoms with van der Waals surface area (Å²) >= 11 is 16.4. The van der Waals surface area contributed by atoms with Crippen LogP contribution in [0.25, 0.3) is 6.08 Å². The number of carbonyl (C=O) groups excluding carboxylic acids is 3. The lowest BCUT2D eigenvalue weighted by atomic mass is 10.1. The highest BCUT2D eigenvalue weighted by Crippen LogP contribution is 2.40. The van der Waals surface area contributed by atoms with E-state index in [1.807, 2.05) is 25.1 Å². The van der Waals surface area contributed by atoms with E-state index in [1.54, 1.807) is 48.5 Å². The number of nitrogens with zero attached hydrogens (tertiary/aromatic N) is 1. The van der Waals surface area contributed by atoms with Crippen molar-refractivity contribution in [1.29, 1.82) is 0 Å². The molecule has 1 N–H and O–H groups in total. The van der Waals surface area contributed by atoms with Gasteiger partial charge >= 0.3 is 0 Å². The van der Waals surface area contributed by atoms with Crippen LogP contribution < -0.4 is 14.8 Å². The number of nitrogens with one attached hydrogen (secondary N) is 1. The fourth-order valence-corrected chi connectivity index (χ4v) is 5.23. The number of thioether (sulfide) groups is 1. The standard InChI is InChI=1S/C27H21BrCl2N2O5S/c1-2-36-22-12-16(11-20(28)25(22)37-15-17-5-3-4-6-21(17)30)13-23-26(34)32(27(35)38-23)14-24(33)31-19-9-7-18(29)8-10-19/h3-13H,2,14-15H2,1H3,(H,31,33)/b23-13+. The van der Waals surface area contributed by atoms with Crippen LogP contribution in [0.1, 0.15) is 18.1 Å². The van der Waals surface area contributed by atoms with Crippen LogP contribution in [0.3, 0.4) is 0 Å². The minimum absolute atomic E-state index is 0.188. The lowest BCUT2D eigenvalue weighted by Crippen LogP contribution is -2.36. The van der Waals surface area contributed by atoms with Crippen LogP contribution in [0.15, 0.2) is 70.0 Å². The number of imide groups is 1. The predicted octanol–water partition coefficient (Wildman–Crippen LogP) is 7.41. The molecule has 196 valence electrons. The molecule has 3 aromatic carbocycles. The minimum Gasteiger partial charge on any atom is -0.490 e. The second kappa shape index (κ2) is 12.7. The van der Waals surface area contributed by atoms with E-state index in [0.29, 0.717) is 43.9 Å². The normalized spacial score (nSPS) is 14.2. The molecular formula is C27H21BrCl2N2O5S. The van der Waals surface area contributed by atoms with Gasteiger partial charge in [-0.05, 0) is 88.7 Å². The zero-order valence-electron chi connectivity index (χ0n) is 20.0. The van der Waals surface area contributed by atoms with Crippen molar-refractivity contribution in [3.05, 3.63) is 91.2 Å². The van der Waals surface area contributed by atoms with Gasteiger partial charge in [-0.3, -0.25) is 19.3 Å². The summed E-state index contributed by atoms with van der Waals surface area (Å²) in [5, 5.41) is 3.24. The van der Waals surface area contributed by atoms with Crippen molar-refractivity contribution >= 4 is 79.7 Å². The maximum Gasteiger partial charge on any atom is 0.294 e. The van der Waals surface area contributed by atoms with Gasteiger partial charge in [-0.15, -0.1) is 0 Å². The maximum absolute atomic E-state index is 12.9. The quantitative estimate of drug-likeness (QED) is 0.247. The summed E-state index contributed by atoms with van der Waals surface area (Å²) in [7, 11) is 0. The van der Waals surface area contributed by atoms with Gasteiger partial charge in [0.25, 0.3) is 11.1 Å². The molecule has 0 radical (unpaired) electrons. The largest absolute Gasteiger partial charge is 0.490 e. The van der Waals surface area contributed by atoms with Crippen molar-refractivity contribution < 1.29 is 23.9 Å². The Hall–Kier alpha value is -2.98. The molecule has 1 aliphatic heterocycles. The Bertz CT molecular complexity index is 1420. The number of rotatable bonds is 9. The molecule has 0 aliphatic carbocycles. The summed E-state index contributed by atoms with van der Waals surface area (Å²) in [4.78, 5) is 39.0. The molecule has 7 nitrogen and oxygen atoms in total. The zero-order chi connectivity index (χ0) is 27.2. The first-order chi connectivity index (χ1) is 18.2. The van der Waals surface area contributed by atoms with Crippen LogP contribution in [-0.4, -0.2) is 35.1 Å². The van der Waals surface area contributed by atoms with E-state index in [-0.39, 0.29) is 11.5 Å². The minimum atomic E-state index is -0.556. The molecule has 0 unspecified atom stereocenters. The molecule has 11 heteroatoms. The Morgan fingerprint density at radius 1 is 1.08 bits per heavy atom. The van der Waals surface area contributed by atoms with Gasteiger partial charge in [0, 0.05) is 21.3 Å². The molecule has 1 fully saturated rings. The fraction of sp³-hybridized carbons (Fsp3) is 0.148. The van der Waals surface area contributed by atoms with Crippen LogP contribution in [0.2, 0.25) is 10.0 Å². The lowest BCUT2D eigenvalue weighted by molar-refractivity contribution is -0.127. The highest BCUT2D eigenvalue weighted by molar-refractivity contribution is 9.10. The number of amides is 3. The number of carbonyl (C=O) groups is 3. The van der Waals surface area contributed by atoms with Crippen LogP contribution in [0.4, 0.5) is 10.5 Å². The predicted molar refractivity (Wildman–Crippen MR) is 154 cm³/mol. The smallest absolute Gasteiger partial charge is 0.294 e.